The zero-order chi connectivity index (χ0) is 18.4. The second-order valence-corrected chi connectivity index (χ2v) is 6.57. The molecule has 134 valence electrons. The Hall–Kier alpha value is -2.07. The molecular weight excluding hydrogens is 336 g/mol. The van der Waals surface area contributed by atoms with Crippen molar-refractivity contribution in [1.82, 2.24) is 4.57 Å². The Kier molecular flexibility index (Phi) is 6.82. The second-order valence-electron chi connectivity index (χ2n) is 6.16. The number of amides is 1. The molecule has 0 aliphatic carbocycles. The molecule has 0 aliphatic heterocycles. The molecule has 0 radical (unpaired) electrons. The lowest BCUT2D eigenvalue weighted by molar-refractivity contribution is 0.102. The third-order valence-corrected chi connectivity index (χ3v) is 4.53. The maximum absolute atomic E-state index is 12.8. The number of carbonyl (C=O) groups excluding carboxylic acids is 1. The Balaban J connectivity index is 2.49. The van der Waals surface area contributed by atoms with E-state index < -0.39 is 5.91 Å². The number of pyridine rings is 1. The van der Waals surface area contributed by atoms with Crippen molar-refractivity contribution in [2.45, 2.75) is 53.0 Å². The van der Waals surface area contributed by atoms with E-state index in [1.165, 1.54) is 0 Å². The van der Waals surface area contributed by atoms with E-state index >= 15 is 0 Å². The Morgan fingerprint density at radius 2 is 1.92 bits per heavy atom. The van der Waals surface area contributed by atoms with Crippen molar-refractivity contribution < 1.29 is 4.79 Å². The predicted octanol–water partition coefficient (Wildman–Crippen LogP) is 4.82. The van der Waals surface area contributed by atoms with Gasteiger partial charge in [-0.2, -0.15) is 0 Å². The summed E-state index contributed by atoms with van der Waals surface area (Å²) in [7, 11) is 0. The highest BCUT2D eigenvalue weighted by Gasteiger charge is 2.20. The molecule has 1 N–H and O–H groups in total. The number of hydrogen-bond acceptors (Lipinski definition) is 2. The van der Waals surface area contributed by atoms with E-state index in [-0.39, 0.29) is 11.0 Å². The average molecular weight is 361 g/mol. The molecule has 0 saturated carbocycles. The van der Waals surface area contributed by atoms with Crippen molar-refractivity contribution in [3.05, 3.63) is 62.5 Å². The Labute approximate surface area is 153 Å². The van der Waals surface area contributed by atoms with E-state index in [9.17, 15) is 9.59 Å². The summed E-state index contributed by atoms with van der Waals surface area (Å²) in [6.45, 7) is 6.91. The van der Waals surface area contributed by atoms with E-state index in [0.717, 1.165) is 37.2 Å². The summed E-state index contributed by atoms with van der Waals surface area (Å²) in [5.41, 5.74) is 2.21. The fourth-order valence-corrected chi connectivity index (χ4v) is 3.13. The van der Waals surface area contributed by atoms with Gasteiger partial charge < -0.3 is 9.88 Å². The van der Waals surface area contributed by atoms with Crippen LogP contribution in [0.15, 0.2) is 35.1 Å². The van der Waals surface area contributed by atoms with E-state index in [0.29, 0.717) is 17.1 Å². The first kappa shape index (κ1) is 19.3. The Morgan fingerprint density at radius 1 is 1.20 bits per heavy atom. The van der Waals surface area contributed by atoms with Crippen LogP contribution in [-0.2, 0) is 13.0 Å². The molecule has 1 heterocycles. The first-order chi connectivity index (χ1) is 12.0. The van der Waals surface area contributed by atoms with Crippen LogP contribution in [0.25, 0.3) is 0 Å². The minimum atomic E-state index is -0.396. The molecule has 0 atom stereocenters. The highest BCUT2D eigenvalue weighted by atomic mass is 35.5. The van der Waals surface area contributed by atoms with Gasteiger partial charge in [0.15, 0.2) is 5.43 Å². The number of anilines is 1. The molecule has 25 heavy (non-hydrogen) atoms. The van der Waals surface area contributed by atoms with Crippen molar-refractivity contribution >= 4 is 23.2 Å². The van der Waals surface area contributed by atoms with Crippen molar-refractivity contribution in [3.63, 3.8) is 0 Å². The summed E-state index contributed by atoms with van der Waals surface area (Å²) in [4.78, 5) is 25.4. The number of rotatable bonds is 7. The molecule has 5 heteroatoms. The lowest BCUT2D eigenvalue weighted by Crippen LogP contribution is -2.28. The zero-order valence-electron chi connectivity index (χ0n) is 15.1. The van der Waals surface area contributed by atoms with Crippen molar-refractivity contribution in [2.75, 3.05) is 5.32 Å². The zero-order valence-corrected chi connectivity index (χ0v) is 15.8. The molecule has 2 aromatic rings. The predicted molar refractivity (Wildman–Crippen MR) is 104 cm³/mol. The number of halogens is 1. The molecule has 0 saturated heterocycles. The smallest absolute Gasteiger partial charge is 0.261 e. The van der Waals surface area contributed by atoms with Gasteiger partial charge in [-0.05, 0) is 31.9 Å². The quantitative estimate of drug-likeness (QED) is 0.769. The maximum atomic E-state index is 12.8. The highest BCUT2D eigenvalue weighted by Crippen LogP contribution is 2.22. The van der Waals surface area contributed by atoms with Gasteiger partial charge in [-0.3, -0.25) is 9.59 Å². The lowest BCUT2D eigenvalue weighted by Gasteiger charge is -2.20. The van der Waals surface area contributed by atoms with Crippen LogP contribution in [0.1, 0.15) is 54.9 Å². The van der Waals surface area contributed by atoms with E-state index in [4.69, 9.17) is 11.6 Å². The van der Waals surface area contributed by atoms with Crippen LogP contribution in [0.3, 0.4) is 0 Å². The van der Waals surface area contributed by atoms with Crippen LogP contribution in [0, 0.1) is 6.92 Å². The van der Waals surface area contributed by atoms with E-state index in [1.807, 2.05) is 13.8 Å². The van der Waals surface area contributed by atoms with Crippen LogP contribution < -0.4 is 10.7 Å². The van der Waals surface area contributed by atoms with Gasteiger partial charge in [0, 0.05) is 24.0 Å². The molecule has 4 nitrogen and oxygen atoms in total. The number of benzene rings is 1. The van der Waals surface area contributed by atoms with Crippen LogP contribution in [0.2, 0.25) is 5.02 Å². The van der Waals surface area contributed by atoms with Gasteiger partial charge in [0.1, 0.15) is 5.56 Å². The van der Waals surface area contributed by atoms with Gasteiger partial charge in [-0.25, -0.2) is 0 Å². The molecule has 0 bridgehead atoms. The topological polar surface area (TPSA) is 51.1 Å². The number of aromatic nitrogens is 1. The first-order valence-electron chi connectivity index (χ1n) is 8.78. The number of nitrogens with zero attached hydrogens (tertiary/aromatic N) is 1. The van der Waals surface area contributed by atoms with E-state index in [1.54, 1.807) is 30.3 Å². The van der Waals surface area contributed by atoms with Gasteiger partial charge in [-0.1, -0.05) is 50.4 Å². The van der Waals surface area contributed by atoms with E-state index in [2.05, 4.69) is 16.8 Å². The number of aryl methyl sites for hydroxylation is 1. The van der Waals surface area contributed by atoms with Crippen molar-refractivity contribution in [2.24, 2.45) is 0 Å². The third-order valence-electron chi connectivity index (χ3n) is 4.20. The van der Waals surface area contributed by atoms with Crippen molar-refractivity contribution in [3.8, 4) is 0 Å². The Bertz CT molecular complexity index is 812. The molecule has 0 aliphatic rings. The molecule has 1 aromatic heterocycles. The van der Waals surface area contributed by atoms with Gasteiger partial charge in [0.05, 0.1) is 10.7 Å². The molecule has 1 amide bonds. The largest absolute Gasteiger partial charge is 0.348 e. The highest BCUT2D eigenvalue weighted by molar-refractivity contribution is 6.33. The third kappa shape index (κ3) is 4.51. The van der Waals surface area contributed by atoms with Crippen molar-refractivity contribution in [1.29, 1.82) is 0 Å². The van der Waals surface area contributed by atoms with Crippen LogP contribution >= 0.6 is 11.6 Å². The summed E-state index contributed by atoms with van der Waals surface area (Å²) in [5.74, 6) is -0.396. The minimum absolute atomic E-state index is 0.225. The molecule has 1 aromatic carbocycles. The SMILES string of the molecule is CCCCn1c(C)cc(=O)c(C(=O)Nc2ccccc2Cl)c1CCC. The second kappa shape index (κ2) is 8.86. The van der Waals surface area contributed by atoms with Crippen LogP contribution in [0.5, 0.6) is 0 Å². The van der Waals surface area contributed by atoms with Gasteiger partial charge >= 0.3 is 0 Å². The molecule has 0 fully saturated rings. The standard InChI is InChI=1S/C20H25ClN2O2/c1-4-6-12-23-14(3)13-18(24)19(17(23)9-5-2)20(25)22-16-11-8-7-10-15(16)21/h7-8,10-11,13H,4-6,9,12H2,1-3H3,(H,22,25). The van der Waals surface area contributed by atoms with Gasteiger partial charge in [0.2, 0.25) is 0 Å². The molecule has 0 unspecified atom stereocenters. The number of unbranched alkanes of at least 4 members (excludes halogenated alkanes) is 1. The normalized spacial score (nSPS) is 10.7. The summed E-state index contributed by atoms with van der Waals surface area (Å²) < 4.78 is 2.11. The fraction of sp³-hybridized carbons (Fsp3) is 0.400. The number of carbonyl (C=O) groups is 1. The lowest BCUT2D eigenvalue weighted by atomic mass is 10.1. The Morgan fingerprint density at radius 3 is 2.56 bits per heavy atom. The molecular formula is C20H25ClN2O2. The summed E-state index contributed by atoms with van der Waals surface area (Å²) in [6, 6.07) is 8.58. The molecule has 2 rings (SSSR count). The maximum Gasteiger partial charge on any atom is 0.261 e. The summed E-state index contributed by atoms with van der Waals surface area (Å²) in [5, 5.41) is 3.23. The van der Waals surface area contributed by atoms with Crippen LogP contribution in [-0.4, -0.2) is 10.5 Å². The fourth-order valence-electron chi connectivity index (χ4n) is 2.94. The summed E-state index contributed by atoms with van der Waals surface area (Å²) >= 11 is 6.12. The number of nitrogens with one attached hydrogen (secondary N) is 1. The number of para-hydroxylation sites is 1. The van der Waals surface area contributed by atoms with Crippen LogP contribution in [0.4, 0.5) is 5.69 Å². The average Bonchev–Trinajstić information content (AvgIpc) is 2.56. The molecule has 0 spiro atoms. The first-order valence-corrected chi connectivity index (χ1v) is 9.16. The summed E-state index contributed by atoms with van der Waals surface area (Å²) in [6.07, 6.45) is 3.61. The van der Waals surface area contributed by atoms with Gasteiger partial charge in [-0.15, -0.1) is 0 Å². The monoisotopic (exact) mass is 360 g/mol. The number of hydrogen-bond donors (Lipinski definition) is 1. The van der Waals surface area contributed by atoms with Gasteiger partial charge in [0.25, 0.3) is 5.91 Å². The minimum Gasteiger partial charge on any atom is -0.348 e.